The smallest absolute Gasteiger partial charge is 0.234 e. The maximum Gasteiger partial charge on any atom is 0.234 e. The number of likely N-dealkylation sites (N-methyl/N-ethyl adjacent to an activating group) is 2. The molecule has 0 aromatic heterocycles. The Labute approximate surface area is 143 Å². The van der Waals surface area contributed by atoms with Crippen molar-refractivity contribution >= 4 is 28.3 Å². The van der Waals surface area contributed by atoms with Gasteiger partial charge in [-0.1, -0.05) is 43.3 Å². The number of benzene rings is 2. The summed E-state index contributed by atoms with van der Waals surface area (Å²) >= 11 is 0. The van der Waals surface area contributed by atoms with E-state index in [4.69, 9.17) is 0 Å². The number of carbonyl (C=O) groups is 2. The molecule has 0 atom stereocenters. The fraction of sp³-hybridized carbons (Fsp3) is 0.368. The standard InChI is InChI=1S/C19H25N3O2/c1-3-20-19(24)14-22(4-2)13-12-18(23)21-17-11-7-9-15-8-5-6-10-16(15)17/h5-11H,3-4,12-14H2,1-2H3,(H,20,24)(H,21,23). The first-order chi connectivity index (χ1) is 11.6. The Morgan fingerprint density at radius 1 is 1.00 bits per heavy atom. The van der Waals surface area contributed by atoms with E-state index in [1.165, 1.54) is 0 Å². The van der Waals surface area contributed by atoms with Crippen LogP contribution in [0.2, 0.25) is 0 Å². The Hall–Kier alpha value is -2.40. The summed E-state index contributed by atoms with van der Waals surface area (Å²) in [7, 11) is 0. The molecule has 5 heteroatoms. The first-order valence-electron chi connectivity index (χ1n) is 8.40. The van der Waals surface area contributed by atoms with Gasteiger partial charge in [-0.15, -0.1) is 0 Å². The highest BCUT2D eigenvalue weighted by molar-refractivity contribution is 6.02. The molecule has 24 heavy (non-hydrogen) atoms. The van der Waals surface area contributed by atoms with Crippen LogP contribution in [-0.4, -0.2) is 42.9 Å². The fourth-order valence-electron chi connectivity index (χ4n) is 2.61. The second-order valence-corrected chi connectivity index (χ2v) is 5.65. The number of anilines is 1. The van der Waals surface area contributed by atoms with Gasteiger partial charge in [0.2, 0.25) is 11.8 Å². The third-order valence-corrected chi connectivity index (χ3v) is 3.91. The molecule has 0 bridgehead atoms. The van der Waals surface area contributed by atoms with Crippen molar-refractivity contribution in [1.29, 1.82) is 0 Å². The lowest BCUT2D eigenvalue weighted by atomic mass is 10.1. The summed E-state index contributed by atoms with van der Waals surface area (Å²) in [5.74, 6) is -0.0467. The lowest BCUT2D eigenvalue weighted by Crippen LogP contribution is -2.38. The van der Waals surface area contributed by atoms with Crippen molar-refractivity contribution < 1.29 is 9.59 Å². The Morgan fingerprint density at radius 2 is 1.75 bits per heavy atom. The van der Waals surface area contributed by atoms with Crippen LogP contribution in [0.25, 0.3) is 10.8 Å². The molecule has 0 spiro atoms. The highest BCUT2D eigenvalue weighted by atomic mass is 16.2. The predicted octanol–water partition coefficient (Wildman–Crippen LogP) is 2.63. The van der Waals surface area contributed by atoms with Crippen molar-refractivity contribution in [1.82, 2.24) is 10.2 Å². The van der Waals surface area contributed by atoms with Crippen LogP contribution in [0.1, 0.15) is 20.3 Å². The van der Waals surface area contributed by atoms with Gasteiger partial charge in [0.05, 0.1) is 6.54 Å². The molecule has 5 nitrogen and oxygen atoms in total. The molecular weight excluding hydrogens is 302 g/mol. The second kappa shape index (κ2) is 9.03. The van der Waals surface area contributed by atoms with E-state index < -0.39 is 0 Å². The third-order valence-electron chi connectivity index (χ3n) is 3.91. The minimum Gasteiger partial charge on any atom is -0.355 e. The Balaban J connectivity index is 1.91. The second-order valence-electron chi connectivity index (χ2n) is 5.65. The number of fused-ring (bicyclic) bond motifs is 1. The maximum absolute atomic E-state index is 12.2. The van der Waals surface area contributed by atoms with Crippen molar-refractivity contribution in [2.75, 3.05) is 31.5 Å². The molecule has 2 aromatic rings. The van der Waals surface area contributed by atoms with E-state index in [2.05, 4.69) is 10.6 Å². The van der Waals surface area contributed by atoms with E-state index in [0.29, 0.717) is 26.1 Å². The average Bonchev–Trinajstić information content (AvgIpc) is 2.59. The monoisotopic (exact) mass is 327 g/mol. The first-order valence-corrected chi connectivity index (χ1v) is 8.40. The van der Waals surface area contributed by atoms with Crippen LogP contribution in [0.4, 0.5) is 5.69 Å². The summed E-state index contributed by atoms with van der Waals surface area (Å²) in [5.41, 5.74) is 0.824. The van der Waals surface area contributed by atoms with Crippen LogP contribution in [-0.2, 0) is 9.59 Å². The molecule has 0 saturated carbocycles. The van der Waals surface area contributed by atoms with Crippen LogP contribution in [0, 0.1) is 0 Å². The van der Waals surface area contributed by atoms with Crippen molar-refractivity contribution in [2.45, 2.75) is 20.3 Å². The summed E-state index contributed by atoms with van der Waals surface area (Å²) < 4.78 is 0. The van der Waals surface area contributed by atoms with E-state index >= 15 is 0 Å². The lowest BCUT2D eigenvalue weighted by molar-refractivity contribution is -0.123. The zero-order chi connectivity index (χ0) is 17.4. The average molecular weight is 327 g/mol. The molecule has 0 radical (unpaired) electrons. The molecule has 2 rings (SSSR count). The molecule has 2 aromatic carbocycles. The molecule has 0 fully saturated rings. The number of hydrogen-bond acceptors (Lipinski definition) is 3. The maximum atomic E-state index is 12.2. The third kappa shape index (κ3) is 5.06. The Kier molecular flexibility index (Phi) is 6.75. The van der Waals surface area contributed by atoms with E-state index in [1.54, 1.807) is 0 Å². The molecule has 0 saturated heterocycles. The fourth-order valence-corrected chi connectivity index (χ4v) is 2.61. The van der Waals surface area contributed by atoms with Crippen LogP contribution >= 0.6 is 0 Å². The zero-order valence-electron chi connectivity index (χ0n) is 14.3. The summed E-state index contributed by atoms with van der Waals surface area (Å²) in [5, 5.41) is 7.88. The highest BCUT2D eigenvalue weighted by Gasteiger charge is 2.11. The highest BCUT2D eigenvalue weighted by Crippen LogP contribution is 2.22. The molecular formula is C19H25N3O2. The Bertz CT molecular complexity index is 695. The van der Waals surface area contributed by atoms with Crippen LogP contribution in [0.3, 0.4) is 0 Å². The molecule has 0 heterocycles. The van der Waals surface area contributed by atoms with Gasteiger partial charge < -0.3 is 10.6 Å². The topological polar surface area (TPSA) is 61.4 Å². The van der Waals surface area contributed by atoms with E-state index in [9.17, 15) is 9.59 Å². The van der Waals surface area contributed by atoms with E-state index in [-0.39, 0.29) is 11.8 Å². The minimum absolute atomic E-state index is 0.00573. The molecule has 0 unspecified atom stereocenters. The van der Waals surface area contributed by atoms with Gasteiger partial charge in [0.1, 0.15) is 0 Å². The van der Waals surface area contributed by atoms with Gasteiger partial charge in [0.25, 0.3) is 0 Å². The number of amides is 2. The molecule has 2 N–H and O–H groups in total. The number of rotatable bonds is 8. The van der Waals surface area contributed by atoms with Gasteiger partial charge in [0, 0.05) is 30.6 Å². The largest absolute Gasteiger partial charge is 0.355 e. The molecule has 2 amide bonds. The van der Waals surface area contributed by atoms with Gasteiger partial charge >= 0.3 is 0 Å². The first kappa shape index (κ1) is 17.9. The van der Waals surface area contributed by atoms with Gasteiger partial charge in [-0.05, 0) is 24.9 Å². The zero-order valence-corrected chi connectivity index (χ0v) is 14.3. The number of nitrogens with one attached hydrogen (secondary N) is 2. The molecule has 0 aliphatic rings. The normalized spacial score (nSPS) is 10.8. The molecule has 0 aliphatic carbocycles. The lowest BCUT2D eigenvalue weighted by Gasteiger charge is -2.19. The van der Waals surface area contributed by atoms with Crippen molar-refractivity contribution in [3.8, 4) is 0 Å². The summed E-state index contributed by atoms with van der Waals surface area (Å²) in [6, 6.07) is 13.8. The van der Waals surface area contributed by atoms with Gasteiger partial charge in [-0.25, -0.2) is 0 Å². The molecule has 0 aliphatic heterocycles. The SMILES string of the molecule is CCNC(=O)CN(CC)CCC(=O)Nc1cccc2ccccc12. The predicted molar refractivity (Wildman–Crippen MR) is 98.0 cm³/mol. The van der Waals surface area contributed by atoms with E-state index in [1.807, 2.05) is 61.2 Å². The number of carbonyl (C=O) groups excluding carboxylic acids is 2. The van der Waals surface area contributed by atoms with Crippen molar-refractivity contribution in [2.24, 2.45) is 0 Å². The van der Waals surface area contributed by atoms with Crippen molar-refractivity contribution in [3.05, 3.63) is 42.5 Å². The van der Waals surface area contributed by atoms with Gasteiger partial charge in [-0.2, -0.15) is 0 Å². The summed E-state index contributed by atoms with van der Waals surface area (Å²) in [6.45, 7) is 6.13. The summed E-state index contributed by atoms with van der Waals surface area (Å²) in [4.78, 5) is 25.9. The van der Waals surface area contributed by atoms with Gasteiger partial charge in [-0.3, -0.25) is 14.5 Å². The van der Waals surface area contributed by atoms with Crippen molar-refractivity contribution in [3.63, 3.8) is 0 Å². The van der Waals surface area contributed by atoms with Crippen LogP contribution in [0.15, 0.2) is 42.5 Å². The van der Waals surface area contributed by atoms with E-state index in [0.717, 1.165) is 23.0 Å². The van der Waals surface area contributed by atoms with Crippen LogP contribution in [0.5, 0.6) is 0 Å². The minimum atomic E-state index is -0.0410. The Morgan fingerprint density at radius 3 is 2.50 bits per heavy atom. The number of hydrogen-bond donors (Lipinski definition) is 2. The number of nitrogens with zero attached hydrogens (tertiary/aromatic N) is 1. The van der Waals surface area contributed by atoms with Crippen LogP contribution < -0.4 is 10.6 Å². The quantitative estimate of drug-likeness (QED) is 0.783. The summed E-state index contributed by atoms with van der Waals surface area (Å²) in [6.07, 6.45) is 0.358. The van der Waals surface area contributed by atoms with Gasteiger partial charge in [0.15, 0.2) is 0 Å². The molecule has 128 valence electrons.